The molecule has 1 rings (SSSR count). The highest BCUT2D eigenvalue weighted by atomic mass is 16.6. The lowest BCUT2D eigenvalue weighted by Crippen LogP contribution is -2.43. The number of amides is 2. The maximum atomic E-state index is 12.0. The second-order valence-electron chi connectivity index (χ2n) is 4.33. The van der Waals surface area contributed by atoms with Gasteiger partial charge in [0.25, 0.3) is 11.6 Å². The van der Waals surface area contributed by atoms with Gasteiger partial charge in [-0.3, -0.25) is 19.7 Å². The van der Waals surface area contributed by atoms with Gasteiger partial charge in [-0.1, -0.05) is 0 Å². The maximum Gasteiger partial charge on any atom is 0.293 e. The van der Waals surface area contributed by atoms with Gasteiger partial charge >= 0.3 is 0 Å². The van der Waals surface area contributed by atoms with Gasteiger partial charge in [-0.15, -0.1) is 0 Å². The predicted molar refractivity (Wildman–Crippen MR) is 78.3 cm³/mol. The highest BCUT2D eigenvalue weighted by Crippen LogP contribution is 2.25. The Morgan fingerprint density at radius 1 is 1.38 bits per heavy atom. The van der Waals surface area contributed by atoms with Crippen LogP contribution in [0.2, 0.25) is 0 Å². The first-order chi connectivity index (χ1) is 9.90. The van der Waals surface area contributed by atoms with Gasteiger partial charge in [0.2, 0.25) is 5.91 Å². The van der Waals surface area contributed by atoms with Gasteiger partial charge in [0, 0.05) is 25.2 Å². The number of hydrogen-bond acceptors (Lipinski definition) is 5. The second-order valence-corrected chi connectivity index (χ2v) is 4.33. The Hall–Kier alpha value is -2.64. The summed E-state index contributed by atoms with van der Waals surface area (Å²) in [6.07, 6.45) is 0. The Morgan fingerprint density at radius 3 is 2.57 bits per heavy atom. The van der Waals surface area contributed by atoms with E-state index in [2.05, 4.69) is 16.0 Å². The summed E-state index contributed by atoms with van der Waals surface area (Å²) < 4.78 is 0. The molecule has 0 bridgehead atoms. The molecular formula is C13H18N4O4. The lowest BCUT2D eigenvalue weighted by Gasteiger charge is -2.12. The molecule has 1 aromatic carbocycles. The van der Waals surface area contributed by atoms with Crippen molar-refractivity contribution in [2.75, 3.05) is 18.9 Å². The summed E-state index contributed by atoms with van der Waals surface area (Å²) in [7, 11) is 1.46. The molecule has 114 valence electrons. The van der Waals surface area contributed by atoms with Crippen LogP contribution in [0.25, 0.3) is 0 Å². The fourth-order valence-corrected chi connectivity index (χ4v) is 1.73. The van der Waals surface area contributed by atoms with Crippen LogP contribution in [0.4, 0.5) is 11.4 Å². The molecule has 0 aliphatic heterocycles. The molecule has 0 aliphatic rings. The molecule has 1 unspecified atom stereocenters. The van der Waals surface area contributed by atoms with Gasteiger partial charge in [-0.25, -0.2) is 0 Å². The van der Waals surface area contributed by atoms with E-state index >= 15 is 0 Å². The van der Waals surface area contributed by atoms with E-state index in [0.29, 0.717) is 12.2 Å². The summed E-state index contributed by atoms with van der Waals surface area (Å²) in [5, 5.41) is 18.7. The predicted octanol–water partition coefficient (Wildman–Crippen LogP) is 0.891. The van der Waals surface area contributed by atoms with Gasteiger partial charge < -0.3 is 16.0 Å². The molecule has 0 radical (unpaired) electrons. The molecule has 1 aromatic rings. The van der Waals surface area contributed by atoms with Crippen molar-refractivity contribution in [2.45, 2.75) is 19.9 Å². The van der Waals surface area contributed by atoms with E-state index in [4.69, 9.17) is 0 Å². The van der Waals surface area contributed by atoms with E-state index in [-0.39, 0.29) is 17.2 Å². The van der Waals surface area contributed by atoms with Crippen LogP contribution in [0.3, 0.4) is 0 Å². The zero-order valence-electron chi connectivity index (χ0n) is 12.1. The van der Waals surface area contributed by atoms with E-state index in [1.165, 1.54) is 32.2 Å². The Kier molecular flexibility index (Phi) is 5.65. The summed E-state index contributed by atoms with van der Waals surface area (Å²) in [4.78, 5) is 33.8. The smallest absolute Gasteiger partial charge is 0.293 e. The number of nitrogens with zero attached hydrogens (tertiary/aromatic N) is 1. The van der Waals surface area contributed by atoms with Crippen molar-refractivity contribution in [3.05, 3.63) is 33.9 Å². The minimum Gasteiger partial charge on any atom is -0.380 e. The van der Waals surface area contributed by atoms with Crippen molar-refractivity contribution in [2.24, 2.45) is 0 Å². The number of carbonyl (C=O) groups is 2. The van der Waals surface area contributed by atoms with Gasteiger partial charge in [0.1, 0.15) is 11.7 Å². The Bertz CT molecular complexity index is 559. The van der Waals surface area contributed by atoms with Crippen molar-refractivity contribution in [3.8, 4) is 0 Å². The number of nitrogens with one attached hydrogen (secondary N) is 3. The average Bonchev–Trinajstić information content (AvgIpc) is 2.46. The van der Waals surface area contributed by atoms with E-state index in [0.717, 1.165) is 0 Å². The number of benzene rings is 1. The van der Waals surface area contributed by atoms with Crippen molar-refractivity contribution in [1.29, 1.82) is 0 Å². The van der Waals surface area contributed by atoms with Crippen LogP contribution in [0.5, 0.6) is 0 Å². The number of hydrogen-bond donors (Lipinski definition) is 3. The number of likely N-dealkylation sites (N-methyl/N-ethyl adjacent to an activating group) is 1. The first-order valence-electron chi connectivity index (χ1n) is 6.45. The molecule has 0 saturated heterocycles. The monoisotopic (exact) mass is 294 g/mol. The number of rotatable bonds is 6. The molecule has 8 nitrogen and oxygen atoms in total. The largest absolute Gasteiger partial charge is 0.380 e. The Morgan fingerprint density at radius 2 is 2.05 bits per heavy atom. The van der Waals surface area contributed by atoms with Crippen LogP contribution in [0, 0.1) is 10.1 Å². The van der Waals surface area contributed by atoms with Crippen molar-refractivity contribution < 1.29 is 14.5 Å². The molecule has 0 aliphatic carbocycles. The summed E-state index contributed by atoms with van der Waals surface area (Å²) >= 11 is 0. The molecule has 0 aromatic heterocycles. The molecule has 0 heterocycles. The van der Waals surface area contributed by atoms with Gasteiger partial charge in [0.15, 0.2) is 0 Å². The molecule has 8 heteroatoms. The minimum absolute atomic E-state index is 0.124. The number of nitro groups is 1. The zero-order valence-corrected chi connectivity index (χ0v) is 12.1. The molecule has 2 amide bonds. The van der Waals surface area contributed by atoms with Gasteiger partial charge in [-0.05, 0) is 26.0 Å². The van der Waals surface area contributed by atoms with Crippen LogP contribution >= 0.6 is 0 Å². The summed E-state index contributed by atoms with van der Waals surface area (Å²) in [5.74, 6) is -0.889. The fraction of sp³-hybridized carbons (Fsp3) is 0.385. The van der Waals surface area contributed by atoms with Crippen LogP contribution < -0.4 is 16.0 Å². The Labute approximate surface area is 122 Å². The summed E-state index contributed by atoms with van der Waals surface area (Å²) in [6, 6.07) is 3.40. The van der Waals surface area contributed by atoms with E-state index in [1.54, 1.807) is 0 Å². The normalized spacial score (nSPS) is 11.4. The lowest BCUT2D eigenvalue weighted by atomic mass is 10.1. The van der Waals surface area contributed by atoms with E-state index in [1.807, 2.05) is 6.92 Å². The van der Waals surface area contributed by atoms with E-state index < -0.39 is 16.9 Å². The van der Waals surface area contributed by atoms with Crippen LogP contribution in [-0.4, -0.2) is 36.4 Å². The van der Waals surface area contributed by atoms with Crippen LogP contribution in [0.1, 0.15) is 24.2 Å². The topological polar surface area (TPSA) is 113 Å². The lowest BCUT2D eigenvalue weighted by molar-refractivity contribution is -0.384. The third-order valence-corrected chi connectivity index (χ3v) is 2.81. The summed E-state index contributed by atoms with van der Waals surface area (Å²) in [5.41, 5.74) is 0.287. The molecule has 0 saturated carbocycles. The average molecular weight is 294 g/mol. The summed E-state index contributed by atoms with van der Waals surface area (Å²) in [6.45, 7) is 3.87. The van der Waals surface area contributed by atoms with Gasteiger partial charge in [-0.2, -0.15) is 0 Å². The number of carbonyl (C=O) groups excluding carboxylic acids is 2. The van der Waals surface area contributed by atoms with E-state index in [9.17, 15) is 19.7 Å². The highest BCUT2D eigenvalue weighted by Gasteiger charge is 2.19. The second kappa shape index (κ2) is 7.22. The van der Waals surface area contributed by atoms with Crippen molar-refractivity contribution >= 4 is 23.2 Å². The fourth-order valence-electron chi connectivity index (χ4n) is 1.73. The molecular weight excluding hydrogens is 276 g/mol. The first-order valence-corrected chi connectivity index (χ1v) is 6.45. The molecule has 0 spiro atoms. The molecule has 0 fully saturated rings. The third kappa shape index (κ3) is 4.16. The van der Waals surface area contributed by atoms with Crippen molar-refractivity contribution in [1.82, 2.24) is 10.6 Å². The quantitative estimate of drug-likeness (QED) is 0.532. The standard InChI is InChI=1S/C13H18N4O4/c1-4-15-10-6-5-9(7-11(10)17(20)21)13(19)16-8(2)12(18)14-3/h5-8,15H,4H2,1-3H3,(H,14,18)(H,16,19). The SMILES string of the molecule is CCNc1ccc(C(=O)NC(C)C(=O)NC)cc1[N+](=O)[O-]. The molecule has 1 atom stereocenters. The maximum absolute atomic E-state index is 12.0. The van der Waals surface area contributed by atoms with Gasteiger partial charge in [0.05, 0.1) is 4.92 Å². The van der Waals surface area contributed by atoms with Crippen LogP contribution in [0.15, 0.2) is 18.2 Å². The highest BCUT2D eigenvalue weighted by molar-refractivity contribution is 5.98. The van der Waals surface area contributed by atoms with Crippen LogP contribution in [-0.2, 0) is 4.79 Å². The number of anilines is 1. The molecule has 3 N–H and O–H groups in total. The molecule has 21 heavy (non-hydrogen) atoms. The Balaban J connectivity index is 2.98. The minimum atomic E-state index is -0.727. The first kappa shape index (κ1) is 16.4. The number of nitro benzene ring substituents is 1. The third-order valence-electron chi connectivity index (χ3n) is 2.81. The van der Waals surface area contributed by atoms with Crippen molar-refractivity contribution in [3.63, 3.8) is 0 Å². The zero-order chi connectivity index (χ0) is 16.0.